The van der Waals surface area contributed by atoms with Gasteiger partial charge in [-0.25, -0.2) is 0 Å². The lowest BCUT2D eigenvalue weighted by atomic mass is 9.90. The van der Waals surface area contributed by atoms with Gasteiger partial charge >= 0.3 is 0 Å². The Bertz CT molecular complexity index is 549. The molecule has 3 heteroatoms. The summed E-state index contributed by atoms with van der Waals surface area (Å²) in [4.78, 5) is 23.8. The van der Waals surface area contributed by atoms with Crippen LogP contribution in [-0.4, -0.2) is 11.7 Å². The summed E-state index contributed by atoms with van der Waals surface area (Å²) in [6.07, 6.45) is 0. The van der Waals surface area contributed by atoms with Crippen LogP contribution in [0, 0.1) is 0 Å². The second-order valence-corrected chi connectivity index (χ2v) is 3.98. The van der Waals surface area contributed by atoms with Crippen molar-refractivity contribution in [2.45, 2.75) is 5.92 Å². The van der Waals surface area contributed by atoms with E-state index in [0.717, 1.165) is 0 Å². The molecule has 90 valence electrons. The molecule has 18 heavy (non-hydrogen) atoms. The molecule has 0 saturated carbocycles. The Balaban J connectivity index is 2.39. The number of nitrogens with two attached hydrogens (primary N) is 1. The molecule has 0 aliphatic carbocycles. The predicted molar refractivity (Wildman–Crippen MR) is 69.1 cm³/mol. The largest absolute Gasteiger partial charge is 0.369 e. The molecule has 2 rings (SSSR count). The van der Waals surface area contributed by atoms with Gasteiger partial charge in [0.25, 0.3) is 0 Å². The summed E-state index contributed by atoms with van der Waals surface area (Å²) < 4.78 is 0. The SMILES string of the molecule is NC(=O)[C@@H](C(=O)c1ccccc1)c1ccccc1. The van der Waals surface area contributed by atoms with Gasteiger partial charge in [-0.05, 0) is 5.56 Å². The number of Topliss-reactive ketones (excluding diaryl/α,β-unsaturated/α-hetero) is 1. The number of hydrogen-bond donors (Lipinski definition) is 1. The van der Waals surface area contributed by atoms with Crippen molar-refractivity contribution in [2.75, 3.05) is 0 Å². The van der Waals surface area contributed by atoms with Gasteiger partial charge in [-0.15, -0.1) is 0 Å². The van der Waals surface area contributed by atoms with Crippen molar-refractivity contribution in [1.29, 1.82) is 0 Å². The zero-order valence-electron chi connectivity index (χ0n) is 9.74. The molecule has 0 aromatic heterocycles. The van der Waals surface area contributed by atoms with Crippen LogP contribution in [0.3, 0.4) is 0 Å². The molecule has 0 aliphatic heterocycles. The summed E-state index contributed by atoms with van der Waals surface area (Å²) in [5.74, 6) is -1.82. The summed E-state index contributed by atoms with van der Waals surface area (Å²) in [6, 6.07) is 17.6. The fraction of sp³-hybridized carbons (Fsp3) is 0.0667. The third-order valence-electron chi connectivity index (χ3n) is 2.74. The number of primary amides is 1. The topological polar surface area (TPSA) is 60.2 Å². The molecule has 0 aliphatic rings. The van der Waals surface area contributed by atoms with Crippen molar-refractivity contribution in [1.82, 2.24) is 0 Å². The highest BCUT2D eigenvalue weighted by atomic mass is 16.2. The van der Waals surface area contributed by atoms with E-state index < -0.39 is 11.8 Å². The van der Waals surface area contributed by atoms with Crippen LogP contribution in [0.1, 0.15) is 21.8 Å². The summed E-state index contributed by atoms with van der Waals surface area (Å²) in [7, 11) is 0. The molecular formula is C15H13NO2. The first-order chi connectivity index (χ1) is 8.70. The van der Waals surface area contributed by atoms with Gasteiger partial charge < -0.3 is 5.73 Å². The molecule has 0 spiro atoms. The average molecular weight is 239 g/mol. The standard InChI is InChI=1S/C15H13NO2/c16-15(18)13(11-7-3-1-4-8-11)14(17)12-9-5-2-6-10-12/h1-10,13H,(H2,16,18)/t13-/m1/s1. The normalized spacial score (nSPS) is 11.8. The predicted octanol–water partition coefficient (Wildman–Crippen LogP) is 2.14. The Labute approximate surface area is 105 Å². The Hall–Kier alpha value is -2.42. The summed E-state index contributed by atoms with van der Waals surface area (Å²) in [5, 5.41) is 0. The molecule has 2 aromatic carbocycles. The van der Waals surface area contributed by atoms with E-state index in [1.54, 1.807) is 48.5 Å². The minimum Gasteiger partial charge on any atom is -0.369 e. The lowest BCUT2D eigenvalue weighted by Gasteiger charge is -2.12. The van der Waals surface area contributed by atoms with Crippen molar-refractivity contribution in [3.63, 3.8) is 0 Å². The van der Waals surface area contributed by atoms with Crippen LogP contribution in [-0.2, 0) is 4.79 Å². The van der Waals surface area contributed by atoms with Gasteiger partial charge in [-0.2, -0.15) is 0 Å². The molecule has 0 radical (unpaired) electrons. The maximum absolute atomic E-state index is 12.3. The minimum absolute atomic E-state index is 0.269. The highest BCUT2D eigenvalue weighted by Gasteiger charge is 2.26. The monoisotopic (exact) mass is 239 g/mol. The van der Waals surface area contributed by atoms with E-state index in [4.69, 9.17) is 5.73 Å². The summed E-state index contributed by atoms with van der Waals surface area (Å²) >= 11 is 0. The van der Waals surface area contributed by atoms with Gasteiger partial charge in [-0.1, -0.05) is 60.7 Å². The van der Waals surface area contributed by atoms with E-state index in [1.165, 1.54) is 0 Å². The number of ketones is 1. The van der Waals surface area contributed by atoms with Gasteiger partial charge in [0.2, 0.25) is 5.91 Å². The van der Waals surface area contributed by atoms with Crippen molar-refractivity contribution < 1.29 is 9.59 Å². The van der Waals surface area contributed by atoms with Crippen molar-refractivity contribution in [2.24, 2.45) is 5.73 Å². The van der Waals surface area contributed by atoms with Crippen molar-refractivity contribution in [3.05, 3.63) is 71.8 Å². The number of hydrogen-bond acceptors (Lipinski definition) is 2. The van der Waals surface area contributed by atoms with Gasteiger partial charge in [0.1, 0.15) is 5.92 Å². The van der Waals surface area contributed by atoms with Crippen LogP contribution in [0.15, 0.2) is 60.7 Å². The third kappa shape index (κ3) is 2.46. The molecule has 2 aromatic rings. The quantitative estimate of drug-likeness (QED) is 0.656. The van der Waals surface area contributed by atoms with Crippen LogP contribution in [0.5, 0.6) is 0 Å². The first-order valence-electron chi connectivity index (χ1n) is 5.63. The first kappa shape index (κ1) is 12.0. The molecule has 0 heterocycles. The van der Waals surface area contributed by atoms with Gasteiger partial charge in [0.05, 0.1) is 0 Å². The molecule has 1 amide bonds. The van der Waals surface area contributed by atoms with Crippen LogP contribution in [0.25, 0.3) is 0 Å². The number of amides is 1. The fourth-order valence-electron chi connectivity index (χ4n) is 1.86. The highest BCUT2D eigenvalue weighted by molar-refractivity contribution is 6.13. The number of rotatable bonds is 4. The molecule has 3 nitrogen and oxygen atoms in total. The van der Waals surface area contributed by atoms with Crippen LogP contribution in [0.2, 0.25) is 0 Å². The van der Waals surface area contributed by atoms with Crippen molar-refractivity contribution >= 4 is 11.7 Å². The minimum atomic E-state index is -0.923. The molecule has 0 bridgehead atoms. The Morgan fingerprint density at radius 2 is 1.33 bits per heavy atom. The van der Waals surface area contributed by atoms with Gasteiger partial charge in [0.15, 0.2) is 5.78 Å². The maximum Gasteiger partial charge on any atom is 0.232 e. The van der Waals surface area contributed by atoms with E-state index in [1.807, 2.05) is 12.1 Å². The molecule has 1 atom stereocenters. The van der Waals surface area contributed by atoms with Gasteiger partial charge in [-0.3, -0.25) is 9.59 Å². The lowest BCUT2D eigenvalue weighted by molar-refractivity contribution is -0.118. The number of benzene rings is 2. The molecule has 0 saturated heterocycles. The first-order valence-corrected chi connectivity index (χ1v) is 5.63. The zero-order valence-corrected chi connectivity index (χ0v) is 9.74. The van der Waals surface area contributed by atoms with E-state index in [2.05, 4.69) is 0 Å². The summed E-state index contributed by atoms with van der Waals surface area (Å²) in [6.45, 7) is 0. The molecule has 0 unspecified atom stereocenters. The number of carbonyl (C=O) groups is 2. The van der Waals surface area contributed by atoms with Gasteiger partial charge in [0, 0.05) is 5.56 Å². The third-order valence-corrected chi connectivity index (χ3v) is 2.74. The van der Waals surface area contributed by atoms with E-state index in [0.29, 0.717) is 11.1 Å². The zero-order chi connectivity index (χ0) is 13.0. The average Bonchev–Trinajstić information content (AvgIpc) is 2.40. The maximum atomic E-state index is 12.3. The molecular weight excluding hydrogens is 226 g/mol. The second kappa shape index (κ2) is 5.27. The smallest absolute Gasteiger partial charge is 0.232 e. The Morgan fingerprint density at radius 3 is 1.83 bits per heavy atom. The van der Waals surface area contributed by atoms with Crippen LogP contribution >= 0.6 is 0 Å². The lowest BCUT2D eigenvalue weighted by Crippen LogP contribution is -2.28. The molecule has 2 N–H and O–H groups in total. The molecule has 0 fully saturated rings. The Morgan fingerprint density at radius 1 is 0.833 bits per heavy atom. The van der Waals surface area contributed by atoms with Crippen molar-refractivity contribution in [3.8, 4) is 0 Å². The second-order valence-electron chi connectivity index (χ2n) is 3.98. The van der Waals surface area contributed by atoms with E-state index >= 15 is 0 Å². The van der Waals surface area contributed by atoms with E-state index in [-0.39, 0.29) is 5.78 Å². The van der Waals surface area contributed by atoms with E-state index in [9.17, 15) is 9.59 Å². The number of carbonyl (C=O) groups excluding carboxylic acids is 2. The Kier molecular flexibility index (Phi) is 3.53. The van der Waals surface area contributed by atoms with Crippen LogP contribution < -0.4 is 5.73 Å². The summed E-state index contributed by atoms with van der Waals surface area (Å²) in [5.41, 5.74) is 6.46. The highest BCUT2D eigenvalue weighted by Crippen LogP contribution is 2.20. The fourth-order valence-corrected chi connectivity index (χ4v) is 1.86. The van der Waals surface area contributed by atoms with Crippen LogP contribution in [0.4, 0.5) is 0 Å².